The first-order valence-corrected chi connectivity index (χ1v) is 27.0. The van der Waals surface area contributed by atoms with E-state index < -0.39 is 6.10 Å². The number of esters is 2. The molecule has 0 aliphatic carbocycles. The third-order valence-corrected chi connectivity index (χ3v) is 12.8. The number of aliphatic hydroxyl groups is 1. The predicted molar refractivity (Wildman–Crippen MR) is 264 cm³/mol. The van der Waals surface area contributed by atoms with Gasteiger partial charge in [-0.1, -0.05) is 156 Å². The molecular formula is C54H101N3O6. The number of hydrogen-bond donors (Lipinski definition) is 3. The maximum atomic E-state index is 12.9. The number of aromatic nitrogens is 1. The van der Waals surface area contributed by atoms with Crippen LogP contribution >= 0.6 is 0 Å². The minimum absolute atomic E-state index is 0.0117. The van der Waals surface area contributed by atoms with Gasteiger partial charge in [0.2, 0.25) is 0 Å². The molecule has 0 saturated heterocycles. The largest absolute Gasteiger partial charge is 0.465 e. The molecule has 2 atom stereocenters. The zero-order chi connectivity index (χ0) is 45.9. The molecule has 0 aliphatic rings. The number of aromatic amines is 1. The zero-order valence-electron chi connectivity index (χ0n) is 41.7. The molecule has 63 heavy (non-hydrogen) atoms. The molecule has 9 heteroatoms. The third kappa shape index (κ3) is 36.5. The second kappa shape index (κ2) is 43.5. The van der Waals surface area contributed by atoms with Crippen molar-refractivity contribution in [1.29, 1.82) is 0 Å². The molecule has 1 aromatic heterocycles. The highest BCUT2D eigenvalue weighted by Gasteiger charge is 2.16. The fourth-order valence-electron chi connectivity index (χ4n) is 8.63. The Balaban J connectivity index is 2.49. The van der Waals surface area contributed by atoms with Crippen molar-refractivity contribution in [3.05, 3.63) is 24.0 Å². The van der Waals surface area contributed by atoms with E-state index in [1.54, 1.807) is 18.5 Å². The van der Waals surface area contributed by atoms with Gasteiger partial charge in [0.25, 0.3) is 5.91 Å². The maximum absolute atomic E-state index is 12.9. The number of aliphatic hydroxyl groups excluding tert-OH is 1. The SMILES string of the molecule is CCCCCCCCC(CCCCCCCC)OC(=O)CCCCCCCN(CCCCCC(=O)OCC(CCCC)CCCCCC)CC(O)CCCCNC(=O)c1cc[nH]c1. The number of carbonyl (C=O) groups is 3. The first-order valence-electron chi connectivity index (χ1n) is 27.0. The van der Waals surface area contributed by atoms with Crippen molar-refractivity contribution >= 4 is 17.8 Å². The van der Waals surface area contributed by atoms with Gasteiger partial charge in [-0.2, -0.15) is 0 Å². The summed E-state index contributed by atoms with van der Waals surface area (Å²) in [6.07, 6.45) is 41.4. The van der Waals surface area contributed by atoms with Crippen LogP contribution in [0.2, 0.25) is 0 Å². The van der Waals surface area contributed by atoms with Gasteiger partial charge >= 0.3 is 11.9 Å². The summed E-state index contributed by atoms with van der Waals surface area (Å²) >= 11 is 0. The normalized spacial score (nSPS) is 12.6. The van der Waals surface area contributed by atoms with Crippen LogP contribution in [0.25, 0.3) is 0 Å². The molecule has 3 N–H and O–H groups in total. The summed E-state index contributed by atoms with van der Waals surface area (Å²) in [5.41, 5.74) is 0.635. The molecule has 1 aromatic rings. The van der Waals surface area contributed by atoms with E-state index in [-0.39, 0.29) is 23.9 Å². The fraction of sp³-hybridized carbons (Fsp3) is 0.870. The summed E-state index contributed by atoms with van der Waals surface area (Å²) in [5.74, 6) is 0.345. The standard InChI is InChI=1S/C54H101N3O6/c1-5-9-13-16-19-25-36-51(37-26-20-17-14-10-6-2)63-53(60)39-27-21-18-22-31-43-57(46-50(58)35-29-30-41-56-54(61)49-40-42-55-45-49)44-32-23-28-38-52(59)62-47-48(33-12-8-4)34-24-15-11-7-3/h40,42,45,48,50-51,55,58H,5-39,41,43-44,46-47H2,1-4H3,(H,56,61). The highest BCUT2D eigenvalue weighted by atomic mass is 16.5. The molecule has 0 bridgehead atoms. The summed E-state index contributed by atoms with van der Waals surface area (Å²) in [6, 6.07) is 1.77. The number of ether oxygens (including phenoxy) is 2. The number of carbonyl (C=O) groups excluding carboxylic acids is 3. The van der Waals surface area contributed by atoms with E-state index in [1.165, 1.54) is 103 Å². The Morgan fingerprint density at radius 3 is 1.68 bits per heavy atom. The average molecular weight is 888 g/mol. The summed E-state index contributed by atoms with van der Waals surface area (Å²) in [7, 11) is 0. The molecule has 0 radical (unpaired) electrons. The van der Waals surface area contributed by atoms with Crippen LogP contribution < -0.4 is 5.32 Å². The van der Waals surface area contributed by atoms with Crippen LogP contribution in [0.5, 0.6) is 0 Å². The van der Waals surface area contributed by atoms with Gasteiger partial charge in [-0.05, 0) is 109 Å². The van der Waals surface area contributed by atoms with E-state index in [9.17, 15) is 19.5 Å². The van der Waals surface area contributed by atoms with Crippen molar-refractivity contribution in [2.45, 2.75) is 265 Å². The fourth-order valence-corrected chi connectivity index (χ4v) is 8.63. The Bertz CT molecular complexity index is 1150. The van der Waals surface area contributed by atoms with E-state index >= 15 is 0 Å². The molecule has 0 aromatic carbocycles. The van der Waals surface area contributed by atoms with Gasteiger partial charge in [0, 0.05) is 38.3 Å². The van der Waals surface area contributed by atoms with Crippen molar-refractivity contribution in [3.8, 4) is 0 Å². The smallest absolute Gasteiger partial charge is 0.306 e. The Hall–Kier alpha value is -2.39. The number of H-pyrrole nitrogens is 1. The van der Waals surface area contributed by atoms with Crippen LogP contribution in [0.1, 0.15) is 263 Å². The Morgan fingerprint density at radius 1 is 0.587 bits per heavy atom. The van der Waals surface area contributed by atoms with E-state index in [0.717, 1.165) is 116 Å². The zero-order valence-corrected chi connectivity index (χ0v) is 41.7. The molecule has 368 valence electrons. The van der Waals surface area contributed by atoms with Crippen LogP contribution in [-0.4, -0.2) is 77.8 Å². The molecule has 0 fully saturated rings. The topological polar surface area (TPSA) is 121 Å². The molecule has 9 nitrogen and oxygen atoms in total. The second-order valence-electron chi connectivity index (χ2n) is 18.9. The summed E-state index contributed by atoms with van der Waals surface area (Å²) in [4.78, 5) is 43.1. The van der Waals surface area contributed by atoms with Crippen molar-refractivity contribution in [3.63, 3.8) is 0 Å². The van der Waals surface area contributed by atoms with Gasteiger partial charge in [0.05, 0.1) is 18.3 Å². The van der Waals surface area contributed by atoms with Crippen molar-refractivity contribution in [2.75, 3.05) is 32.8 Å². The van der Waals surface area contributed by atoms with Crippen LogP contribution in [0, 0.1) is 5.92 Å². The lowest BCUT2D eigenvalue weighted by Gasteiger charge is -2.25. The van der Waals surface area contributed by atoms with Crippen LogP contribution in [0.4, 0.5) is 0 Å². The average Bonchev–Trinajstić information content (AvgIpc) is 3.83. The molecule has 0 spiro atoms. The minimum Gasteiger partial charge on any atom is -0.465 e. The first-order chi connectivity index (χ1) is 30.8. The van der Waals surface area contributed by atoms with Crippen molar-refractivity contribution in [1.82, 2.24) is 15.2 Å². The van der Waals surface area contributed by atoms with Gasteiger partial charge in [-0.15, -0.1) is 0 Å². The Labute approximate surface area is 388 Å². The number of amides is 1. The van der Waals surface area contributed by atoms with Gasteiger partial charge in [-0.3, -0.25) is 14.4 Å². The highest BCUT2D eigenvalue weighted by molar-refractivity contribution is 5.93. The van der Waals surface area contributed by atoms with E-state index in [4.69, 9.17) is 9.47 Å². The van der Waals surface area contributed by atoms with E-state index in [2.05, 4.69) is 42.9 Å². The monoisotopic (exact) mass is 888 g/mol. The predicted octanol–water partition coefficient (Wildman–Crippen LogP) is 14.2. The third-order valence-electron chi connectivity index (χ3n) is 12.8. The van der Waals surface area contributed by atoms with Crippen LogP contribution in [-0.2, 0) is 19.1 Å². The van der Waals surface area contributed by atoms with Gasteiger partial charge < -0.3 is 29.8 Å². The van der Waals surface area contributed by atoms with Gasteiger partial charge in [0.1, 0.15) is 6.10 Å². The molecule has 1 rings (SSSR count). The number of nitrogens with zero attached hydrogens (tertiary/aromatic N) is 1. The maximum Gasteiger partial charge on any atom is 0.306 e. The van der Waals surface area contributed by atoms with Gasteiger partial charge in [-0.25, -0.2) is 0 Å². The summed E-state index contributed by atoms with van der Waals surface area (Å²) in [6.45, 7) is 12.6. The van der Waals surface area contributed by atoms with Crippen LogP contribution in [0.3, 0.4) is 0 Å². The molecule has 0 aliphatic heterocycles. The minimum atomic E-state index is -0.417. The van der Waals surface area contributed by atoms with Crippen LogP contribution in [0.15, 0.2) is 18.5 Å². The number of unbranched alkanes of at least 4 members (excludes halogenated alkanes) is 21. The van der Waals surface area contributed by atoms with Crippen molar-refractivity contribution in [2.24, 2.45) is 5.92 Å². The van der Waals surface area contributed by atoms with Crippen molar-refractivity contribution < 1.29 is 29.0 Å². The lowest BCUT2D eigenvalue weighted by atomic mass is 9.96. The quantitative estimate of drug-likeness (QED) is 0.0440. The molecule has 1 heterocycles. The van der Waals surface area contributed by atoms with E-state index in [0.29, 0.717) is 50.4 Å². The Morgan fingerprint density at radius 2 is 1.08 bits per heavy atom. The molecule has 0 saturated carbocycles. The lowest BCUT2D eigenvalue weighted by Crippen LogP contribution is -2.34. The Kier molecular flexibility index (Phi) is 40.5. The summed E-state index contributed by atoms with van der Waals surface area (Å²) < 4.78 is 11.8. The number of hydrogen-bond acceptors (Lipinski definition) is 7. The highest BCUT2D eigenvalue weighted by Crippen LogP contribution is 2.20. The van der Waals surface area contributed by atoms with Gasteiger partial charge in [0.15, 0.2) is 0 Å². The lowest BCUT2D eigenvalue weighted by molar-refractivity contribution is -0.150. The van der Waals surface area contributed by atoms with E-state index in [1.807, 2.05) is 0 Å². The molecule has 2 unspecified atom stereocenters. The molecular weight excluding hydrogens is 787 g/mol. The molecule has 1 amide bonds. The number of rotatable bonds is 47. The summed E-state index contributed by atoms with van der Waals surface area (Å²) in [5, 5.41) is 14.0. The number of nitrogens with one attached hydrogen (secondary N) is 2. The second-order valence-corrected chi connectivity index (χ2v) is 18.9. The first kappa shape index (κ1) is 58.6.